The van der Waals surface area contributed by atoms with Gasteiger partial charge in [-0.05, 0) is 25.5 Å². The van der Waals surface area contributed by atoms with Gasteiger partial charge in [-0.15, -0.1) is 0 Å². The molecule has 0 radical (unpaired) electrons. The predicted molar refractivity (Wildman–Crippen MR) is 67.6 cm³/mol. The van der Waals surface area contributed by atoms with Crippen LogP contribution in [0.3, 0.4) is 0 Å². The van der Waals surface area contributed by atoms with E-state index in [2.05, 4.69) is 17.2 Å². The summed E-state index contributed by atoms with van der Waals surface area (Å²) in [6.45, 7) is 3.63. The lowest BCUT2D eigenvalue weighted by atomic mass is 10.0. The molecule has 1 aromatic heterocycles. The fourth-order valence-corrected chi connectivity index (χ4v) is 2.09. The first-order valence-corrected chi connectivity index (χ1v) is 6.11. The molecule has 1 aliphatic rings. The number of rotatable bonds is 4. The number of nitrogens with one attached hydrogen (secondary N) is 1. The van der Waals surface area contributed by atoms with E-state index in [0.29, 0.717) is 17.3 Å². The highest BCUT2D eigenvalue weighted by atomic mass is 16.5. The summed E-state index contributed by atoms with van der Waals surface area (Å²) in [5, 5.41) is 3.21. The van der Waals surface area contributed by atoms with Gasteiger partial charge in [0.05, 0.1) is 13.2 Å². The third-order valence-electron chi connectivity index (χ3n) is 3.28. The summed E-state index contributed by atoms with van der Waals surface area (Å²) < 4.78 is 10.2. The zero-order valence-electron chi connectivity index (χ0n) is 10.7. The van der Waals surface area contributed by atoms with Crippen molar-refractivity contribution in [2.75, 3.05) is 25.6 Å². The van der Waals surface area contributed by atoms with Crippen molar-refractivity contribution in [3.05, 3.63) is 23.9 Å². The van der Waals surface area contributed by atoms with Crippen LogP contribution in [-0.2, 0) is 9.47 Å². The van der Waals surface area contributed by atoms with Crippen LogP contribution < -0.4 is 5.32 Å². The average Bonchev–Trinajstić information content (AvgIpc) is 2.81. The molecule has 0 aromatic carbocycles. The molecule has 0 aliphatic carbocycles. The third-order valence-corrected chi connectivity index (χ3v) is 3.28. The van der Waals surface area contributed by atoms with Crippen LogP contribution >= 0.6 is 0 Å². The van der Waals surface area contributed by atoms with E-state index in [0.717, 1.165) is 19.6 Å². The summed E-state index contributed by atoms with van der Waals surface area (Å²) in [5.74, 6) is 0.655. The molecule has 98 valence electrons. The van der Waals surface area contributed by atoms with Crippen LogP contribution in [0.25, 0.3) is 0 Å². The first-order valence-electron chi connectivity index (χ1n) is 6.11. The molecular formula is C13H18N2O3. The Bertz CT molecular complexity index is 422. The number of hydrogen-bond donors (Lipinski definition) is 1. The van der Waals surface area contributed by atoms with Gasteiger partial charge in [0.25, 0.3) is 0 Å². The van der Waals surface area contributed by atoms with Crippen molar-refractivity contribution in [3.8, 4) is 0 Å². The molecule has 2 unspecified atom stereocenters. The molecule has 18 heavy (non-hydrogen) atoms. The monoisotopic (exact) mass is 250 g/mol. The molecule has 0 saturated carbocycles. The van der Waals surface area contributed by atoms with E-state index in [1.54, 1.807) is 18.3 Å². The number of nitrogens with zero attached hydrogens (tertiary/aromatic N) is 1. The zero-order chi connectivity index (χ0) is 13.0. The Morgan fingerprint density at radius 1 is 1.67 bits per heavy atom. The number of methoxy groups -OCH3 is 1. The fraction of sp³-hybridized carbons (Fsp3) is 0.538. The van der Waals surface area contributed by atoms with Gasteiger partial charge in [-0.2, -0.15) is 0 Å². The van der Waals surface area contributed by atoms with Crippen molar-refractivity contribution in [2.45, 2.75) is 19.4 Å². The maximum atomic E-state index is 11.6. The smallest absolute Gasteiger partial charge is 0.341 e. The molecule has 5 heteroatoms. The lowest BCUT2D eigenvalue weighted by Gasteiger charge is -2.16. The molecule has 1 N–H and O–H groups in total. The Kier molecular flexibility index (Phi) is 4.15. The number of carbonyl (C=O) groups is 1. The highest BCUT2D eigenvalue weighted by molar-refractivity contribution is 5.94. The van der Waals surface area contributed by atoms with Crippen molar-refractivity contribution in [2.24, 2.45) is 5.92 Å². The van der Waals surface area contributed by atoms with E-state index >= 15 is 0 Å². The second kappa shape index (κ2) is 5.82. The van der Waals surface area contributed by atoms with Gasteiger partial charge < -0.3 is 14.8 Å². The number of anilines is 1. The number of ether oxygens (including phenoxy) is 2. The van der Waals surface area contributed by atoms with Gasteiger partial charge in [0.2, 0.25) is 0 Å². The first-order chi connectivity index (χ1) is 8.72. The Hall–Kier alpha value is -1.62. The van der Waals surface area contributed by atoms with Crippen molar-refractivity contribution < 1.29 is 14.3 Å². The molecule has 1 saturated heterocycles. The summed E-state index contributed by atoms with van der Waals surface area (Å²) in [6, 6.07) is 3.43. The van der Waals surface area contributed by atoms with Gasteiger partial charge in [-0.1, -0.05) is 0 Å². The van der Waals surface area contributed by atoms with Crippen molar-refractivity contribution in [1.82, 2.24) is 4.98 Å². The first kappa shape index (κ1) is 12.8. The molecule has 2 atom stereocenters. The topological polar surface area (TPSA) is 60.5 Å². The van der Waals surface area contributed by atoms with E-state index in [1.807, 2.05) is 0 Å². The molecular weight excluding hydrogens is 232 g/mol. The fourth-order valence-electron chi connectivity index (χ4n) is 2.09. The summed E-state index contributed by atoms with van der Waals surface area (Å²) in [4.78, 5) is 15.7. The van der Waals surface area contributed by atoms with Crippen LogP contribution in [0, 0.1) is 5.92 Å². The lowest BCUT2D eigenvalue weighted by Crippen LogP contribution is -2.22. The summed E-state index contributed by atoms with van der Waals surface area (Å²) in [5.41, 5.74) is 0.464. The quantitative estimate of drug-likeness (QED) is 0.824. The number of carbonyl (C=O) groups excluding carboxylic acids is 1. The van der Waals surface area contributed by atoms with Crippen molar-refractivity contribution in [3.63, 3.8) is 0 Å². The summed E-state index contributed by atoms with van der Waals surface area (Å²) in [6.07, 6.45) is 2.94. The molecule has 0 spiro atoms. The molecule has 0 bridgehead atoms. The van der Waals surface area contributed by atoms with E-state index in [4.69, 9.17) is 9.47 Å². The molecule has 1 fully saturated rings. The van der Waals surface area contributed by atoms with E-state index in [1.165, 1.54) is 7.11 Å². The largest absolute Gasteiger partial charge is 0.465 e. The van der Waals surface area contributed by atoms with Crippen LogP contribution in [0.1, 0.15) is 23.7 Å². The normalized spacial score (nSPS) is 22.8. The Morgan fingerprint density at radius 3 is 3.17 bits per heavy atom. The minimum Gasteiger partial charge on any atom is -0.465 e. The third kappa shape index (κ3) is 2.79. The Balaban J connectivity index is 2.02. The summed E-state index contributed by atoms with van der Waals surface area (Å²) in [7, 11) is 1.37. The second-order valence-electron chi connectivity index (χ2n) is 4.40. The Morgan fingerprint density at radius 2 is 2.50 bits per heavy atom. The SMILES string of the molecule is COC(=O)c1cccnc1NCC1CCOC1C. The number of esters is 1. The van der Waals surface area contributed by atoms with E-state index < -0.39 is 0 Å². The van der Waals surface area contributed by atoms with Gasteiger partial charge in [-0.25, -0.2) is 9.78 Å². The van der Waals surface area contributed by atoms with Crippen LogP contribution in [0.5, 0.6) is 0 Å². The number of pyridine rings is 1. The number of hydrogen-bond acceptors (Lipinski definition) is 5. The van der Waals surface area contributed by atoms with E-state index in [-0.39, 0.29) is 12.1 Å². The molecule has 2 heterocycles. The maximum absolute atomic E-state index is 11.6. The van der Waals surface area contributed by atoms with Gasteiger partial charge >= 0.3 is 5.97 Å². The van der Waals surface area contributed by atoms with Crippen molar-refractivity contribution >= 4 is 11.8 Å². The predicted octanol–water partition coefficient (Wildman–Crippen LogP) is 1.71. The standard InChI is InChI=1S/C13H18N2O3/c1-9-10(5-7-18-9)8-15-12-11(13(16)17-2)4-3-6-14-12/h3-4,6,9-10H,5,7-8H2,1-2H3,(H,14,15). The van der Waals surface area contributed by atoms with Crippen LogP contribution in [0.2, 0.25) is 0 Å². The van der Waals surface area contributed by atoms with Gasteiger partial charge in [0.1, 0.15) is 11.4 Å². The molecule has 1 aliphatic heterocycles. The molecule has 1 aromatic rings. The molecule has 0 amide bonds. The average molecular weight is 250 g/mol. The minimum atomic E-state index is -0.374. The molecule has 2 rings (SSSR count). The van der Waals surface area contributed by atoms with Crippen LogP contribution in [-0.4, -0.2) is 37.3 Å². The van der Waals surface area contributed by atoms with Gasteiger partial charge in [-0.3, -0.25) is 0 Å². The zero-order valence-corrected chi connectivity index (χ0v) is 10.7. The minimum absolute atomic E-state index is 0.253. The Labute approximate surface area is 107 Å². The lowest BCUT2D eigenvalue weighted by molar-refractivity contribution is 0.0601. The highest BCUT2D eigenvalue weighted by Crippen LogP contribution is 2.21. The second-order valence-corrected chi connectivity index (χ2v) is 4.40. The summed E-state index contributed by atoms with van der Waals surface area (Å²) >= 11 is 0. The molecule has 5 nitrogen and oxygen atoms in total. The number of aromatic nitrogens is 1. The van der Waals surface area contributed by atoms with E-state index in [9.17, 15) is 4.79 Å². The van der Waals surface area contributed by atoms with Crippen molar-refractivity contribution in [1.29, 1.82) is 0 Å². The maximum Gasteiger partial charge on any atom is 0.341 e. The van der Waals surface area contributed by atoms with Gasteiger partial charge in [0, 0.05) is 25.3 Å². The van der Waals surface area contributed by atoms with Crippen LogP contribution in [0.4, 0.5) is 5.82 Å². The van der Waals surface area contributed by atoms with Crippen LogP contribution in [0.15, 0.2) is 18.3 Å². The highest BCUT2D eigenvalue weighted by Gasteiger charge is 2.24. The van der Waals surface area contributed by atoms with Gasteiger partial charge in [0.15, 0.2) is 0 Å².